The maximum atomic E-state index is 12.3. The Morgan fingerprint density at radius 3 is 2.24 bits per heavy atom. The van der Waals surface area contributed by atoms with Gasteiger partial charge < -0.3 is 5.11 Å². The van der Waals surface area contributed by atoms with Gasteiger partial charge in [0.05, 0.1) is 11.5 Å². The standard InChI is InChI=1S/C16H17ClO3S/c1-16(18,14-9-5-6-10-15(14)17)12-21(19,20)11-13-7-3-2-4-8-13/h2-10,18H,11-12H2,1H3/t16-/m0/s1. The van der Waals surface area contributed by atoms with Gasteiger partial charge in [-0.05, 0) is 18.6 Å². The molecule has 0 spiro atoms. The minimum atomic E-state index is -3.47. The van der Waals surface area contributed by atoms with Crippen LogP contribution in [-0.4, -0.2) is 19.3 Å². The van der Waals surface area contributed by atoms with Crippen LogP contribution in [0, 0.1) is 0 Å². The number of halogens is 1. The van der Waals surface area contributed by atoms with E-state index in [2.05, 4.69) is 0 Å². The lowest BCUT2D eigenvalue weighted by molar-refractivity contribution is 0.0820. The van der Waals surface area contributed by atoms with Crippen molar-refractivity contribution in [2.24, 2.45) is 0 Å². The highest BCUT2D eigenvalue weighted by molar-refractivity contribution is 7.90. The maximum Gasteiger partial charge on any atom is 0.157 e. The fourth-order valence-electron chi connectivity index (χ4n) is 2.28. The first-order chi connectivity index (χ1) is 9.80. The summed E-state index contributed by atoms with van der Waals surface area (Å²) in [5.41, 5.74) is -0.401. The smallest absolute Gasteiger partial charge is 0.157 e. The highest BCUT2D eigenvalue weighted by Gasteiger charge is 2.31. The molecular formula is C16H17ClO3S. The summed E-state index contributed by atoms with van der Waals surface area (Å²) >= 11 is 6.04. The zero-order valence-electron chi connectivity index (χ0n) is 11.7. The Labute approximate surface area is 130 Å². The van der Waals surface area contributed by atoms with Gasteiger partial charge in [0.15, 0.2) is 9.84 Å². The SMILES string of the molecule is C[C@](O)(CS(=O)(=O)Cc1ccccc1)c1ccccc1Cl. The van der Waals surface area contributed by atoms with Crippen molar-refractivity contribution in [2.75, 3.05) is 5.75 Å². The van der Waals surface area contributed by atoms with Crippen molar-refractivity contribution < 1.29 is 13.5 Å². The van der Waals surface area contributed by atoms with Crippen molar-refractivity contribution in [3.8, 4) is 0 Å². The van der Waals surface area contributed by atoms with Crippen LogP contribution in [0.3, 0.4) is 0 Å². The van der Waals surface area contributed by atoms with Crippen LogP contribution in [-0.2, 0) is 21.2 Å². The molecule has 0 bridgehead atoms. The van der Waals surface area contributed by atoms with Crippen LogP contribution in [0.1, 0.15) is 18.1 Å². The number of aliphatic hydroxyl groups is 1. The summed E-state index contributed by atoms with van der Waals surface area (Å²) in [4.78, 5) is 0. The summed E-state index contributed by atoms with van der Waals surface area (Å²) in [5, 5.41) is 10.9. The van der Waals surface area contributed by atoms with Gasteiger partial charge in [-0.2, -0.15) is 0 Å². The summed E-state index contributed by atoms with van der Waals surface area (Å²) in [6, 6.07) is 15.6. The lowest BCUT2D eigenvalue weighted by atomic mass is 9.98. The molecule has 2 rings (SSSR count). The van der Waals surface area contributed by atoms with Crippen molar-refractivity contribution in [3.05, 3.63) is 70.7 Å². The first-order valence-corrected chi connectivity index (χ1v) is 8.72. The highest BCUT2D eigenvalue weighted by atomic mass is 35.5. The fourth-order valence-corrected chi connectivity index (χ4v) is 4.44. The van der Waals surface area contributed by atoms with Crippen LogP contribution in [0.15, 0.2) is 54.6 Å². The molecule has 0 aliphatic rings. The van der Waals surface area contributed by atoms with Gasteiger partial charge in [0.2, 0.25) is 0 Å². The molecule has 0 fully saturated rings. The molecular weight excluding hydrogens is 308 g/mol. The molecule has 0 aliphatic carbocycles. The summed E-state index contributed by atoms with van der Waals surface area (Å²) in [6.07, 6.45) is 0. The monoisotopic (exact) mass is 324 g/mol. The fraction of sp³-hybridized carbons (Fsp3) is 0.250. The van der Waals surface area contributed by atoms with E-state index in [1.165, 1.54) is 6.92 Å². The lowest BCUT2D eigenvalue weighted by Crippen LogP contribution is -2.32. The van der Waals surface area contributed by atoms with E-state index in [0.29, 0.717) is 16.1 Å². The zero-order valence-corrected chi connectivity index (χ0v) is 13.2. The minimum absolute atomic E-state index is 0.103. The van der Waals surface area contributed by atoms with E-state index in [1.54, 1.807) is 48.5 Å². The van der Waals surface area contributed by atoms with E-state index < -0.39 is 15.4 Å². The number of rotatable bonds is 5. The third-order valence-electron chi connectivity index (χ3n) is 3.18. The number of benzene rings is 2. The van der Waals surface area contributed by atoms with E-state index >= 15 is 0 Å². The van der Waals surface area contributed by atoms with Gasteiger partial charge in [-0.3, -0.25) is 0 Å². The Bertz CT molecular complexity index is 709. The Hall–Kier alpha value is -1.36. The molecule has 0 amide bonds. The Balaban J connectivity index is 2.21. The van der Waals surface area contributed by atoms with Gasteiger partial charge in [0, 0.05) is 10.6 Å². The molecule has 2 aromatic carbocycles. The van der Waals surface area contributed by atoms with Crippen molar-refractivity contribution in [1.82, 2.24) is 0 Å². The van der Waals surface area contributed by atoms with Gasteiger partial charge in [-0.15, -0.1) is 0 Å². The van der Waals surface area contributed by atoms with Crippen LogP contribution in [0.4, 0.5) is 0 Å². The summed E-state index contributed by atoms with van der Waals surface area (Å²) in [7, 11) is -3.47. The van der Waals surface area contributed by atoms with E-state index in [9.17, 15) is 13.5 Å². The van der Waals surface area contributed by atoms with Crippen LogP contribution in [0.2, 0.25) is 5.02 Å². The molecule has 0 radical (unpaired) electrons. The molecule has 0 heterocycles. The van der Waals surface area contributed by atoms with Gasteiger partial charge in [0.1, 0.15) is 5.60 Å². The van der Waals surface area contributed by atoms with E-state index in [1.807, 2.05) is 6.07 Å². The third-order valence-corrected chi connectivity index (χ3v) is 5.29. The zero-order chi connectivity index (χ0) is 15.5. The molecule has 21 heavy (non-hydrogen) atoms. The van der Waals surface area contributed by atoms with Crippen molar-refractivity contribution in [1.29, 1.82) is 0 Å². The summed E-state index contributed by atoms with van der Waals surface area (Å²) < 4.78 is 24.6. The van der Waals surface area contributed by atoms with Crippen LogP contribution in [0.25, 0.3) is 0 Å². The van der Waals surface area contributed by atoms with E-state index in [4.69, 9.17) is 11.6 Å². The topological polar surface area (TPSA) is 54.4 Å². The predicted molar refractivity (Wildman–Crippen MR) is 85.0 cm³/mol. The van der Waals surface area contributed by atoms with Crippen LogP contribution < -0.4 is 0 Å². The van der Waals surface area contributed by atoms with Gasteiger partial charge in [0.25, 0.3) is 0 Å². The maximum absolute atomic E-state index is 12.3. The molecule has 1 N–H and O–H groups in total. The number of hydrogen-bond donors (Lipinski definition) is 1. The molecule has 5 heteroatoms. The first kappa shape index (κ1) is 16.0. The highest BCUT2D eigenvalue weighted by Crippen LogP contribution is 2.29. The van der Waals surface area contributed by atoms with E-state index in [-0.39, 0.29) is 11.5 Å². The van der Waals surface area contributed by atoms with Gasteiger partial charge in [-0.25, -0.2) is 8.42 Å². The Morgan fingerprint density at radius 2 is 1.62 bits per heavy atom. The second kappa shape index (κ2) is 6.18. The molecule has 2 aromatic rings. The number of hydrogen-bond acceptors (Lipinski definition) is 3. The molecule has 0 saturated heterocycles. The average molecular weight is 325 g/mol. The van der Waals surface area contributed by atoms with Crippen molar-refractivity contribution >= 4 is 21.4 Å². The van der Waals surface area contributed by atoms with Gasteiger partial charge >= 0.3 is 0 Å². The lowest BCUT2D eigenvalue weighted by Gasteiger charge is -2.24. The van der Waals surface area contributed by atoms with Crippen molar-refractivity contribution in [3.63, 3.8) is 0 Å². The minimum Gasteiger partial charge on any atom is -0.384 e. The molecule has 0 saturated carbocycles. The van der Waals surface area contributed by atoms with E-state index in [0.717, 1.165) is 0 Å². The van der Waals surface area contributed by atoms with Crippen molar-refractivity contribution in [2.45, 2.75) is 18.3 Å². The second-order valence-corrected chi connectivity index (χ2v) is 7.74. The third kappa shape index (κ3) is 4.30. The normalized spacial score (nSPS) is 14.6. The predicted octanol–water partition coefficient (Wildman–Crippen LogP) is 3.16. The Kier molecular flexibility index (Phi) is 4.71. The molecule has 0 unspecified atom stereocenters. The Morgan fingerprint density at radius 1 is 1.05 bits per heavy atom. The quantitative estimate of drug-likeness (QED) is 0.919. The van der Waals surface area contributed by atoms with Gasteiger partial charge in [-0.1, -0.05) is 60.1 Å². The van der Waals surface area contributed by atoms with Crippen LogP contribution in [0.5, 0.6) is 0 Å². The van der Waals surface area contributed by atoms with Crippen LogP contribution >= 0.6 is 11.6 Å². The average Bonchev–Trinajstić information content (AvgIpc) is 2.38. The largest absolute Gasteiger partial charge is 0.384 e. The first-order valence-electron chi connectivity index (χ1n) is 6.52. The second-order valence-electron chi connectivity index (χ2n) is 5.27. The summed E-state index contributed by atoms with van der Waals surface area (Å²) in [5.74, 6) is -0.479. The molecule has 3 nitrogen and oxygen atoms in total. The number of sulfone groups is 1. The molecule has 112 valence electrons. The molecule has 1 atom stereocenters. The molecule has 0 aliphatic heterocycles. The molecule has 0 aromatic heterocycles. The summed E-state index contributed by atoms with van der Waals surface area (Å²) in [6.45, 7) is 1.47.